The number of carbonyl (C=O) groups excluding carboxylic acids is 1. The highest BCUT2D eigenvalue weighted by Crippen LogP contribution is 2.16. The number of aromatic amines is 1. The van der Waals surface area contributed by atoms with Gasteiger partial charge < -0.3 is 9.88 Å². The Morgan fingerprint density at radius 3 is 2.48 bits per heavy atom. The second kappa shape index (κ2) is 5.70. The number of H-pyrrole nitrogens is 1. The van der Waals surface area contributed by atoms with Gasteiger partial charge in [0.15, 0.2) is 5.43 Å². The summed E-state index contributed by atoms with van der Waals surface area (Å²) < 4.78 is 0. The van der Waals surface area contributed by atoms with Crippen LogP contribution in [0.2, 0.25) is 0 Å². The van der Waals surface area contributed by atoms with E-state index in [0.29, 0.717) is 26.2 Å². The first-order chi connectivity index (χ1) is 9.85. The van der Waals surface area contributed by atoms with Gasteiger partial charge in [0.05, 0.1) is 6.07 Å². The summed E-state index contributed by atoms with van der Waals surface area (Å²) >= 11 is 0. The molecule has 0 saturated carbocycles. The largest absolute Gasteiger partial charge is 0.364 e. The minimum Gasteiger partial charge on any atom is -0.364 e. The maximum absolute atomic E-state index is 12.4. The van der Waals surface area contributed by atoms with Crippen LogP contribution in [0.15, 0.2) is 17.1 Å². The van der Waals surface area contributed by atoms with Gasteiger partial charge in [-0.3, -0.25) is 14.5 Å². The van der Waals surface area contributed by atoms with Crippen LogP contribution in [0.1, 0.15) is 29.9 Å². The molecule has 0 unspecified atom stereocenters. The minimum atomic E-state index is -0.531. The Bertz CT molecular complexity index is 634. The van der Waals surface area contributed by atoms with Crippen molar-refractivity contribution in [3.05, 3.63) is 33.7 Å². The quantitative estimate of drug-likeness (QED) is 0.870. The summed E-state index contributed by atoms with van der Waals surface area (Å²) in [5.74, 6) is -0.245. The van der Waals surface area contributed by atoms with Crippen molar-refractivity contribution in [1.29, 1.82) is 5.26 Å². The summed E-state index contributed by atoms with van der Waals surface area (Å²) in [4.78, 5) is 30.9. The zero-order chi connectivity index (χ0) is 15.6. The Balaban J connectivity index is 2.07. The van der Waals surface area contributed by atoms with Crippen molar-refractivity contribution in [2.24, 2.45) is 0 Å². The lowest BCUT2D eigenvalue weighted by Gasteiger charge is -2.40. The second-order valence-corrected chi connectivity index (χ2v) is 5.84. The molecule has 1 aliphatic rings. The van der Waals surface area contributed by atoms with Gasteiger partial charge in [-0.05, 0) is 20.8 Å². The van der Waals surface area contributed by atoms with Crippen LogP contribution in [-0.4, -0.2) is 52.4 Å². The minimum absolute atomic E-state index is 0.175. The van der Waals surface area contributed by atoms with E-state index in [0.717, 1.165) is 5.69 Å². The molecule has 1 fully saturated rings. The van der Waals surface area contributed by atoms with E-state index in [9.17, 15) is 9.59 Å². The smallest absolute Gasteiger partial charge is 0.259 e. The van der Waals surface area contributed by atoms with Crippen LogP contribution in [0.4, 0.5) is 0 Å². The fourth-order valence-corrected chi connectivity index (χ4v) is 2.45. The molecular formula is C15H20N4O2. The standard InChI is InChI=1S/C15H20N4O2/c1-11-8-13(20)12(9-17-11)14(21)18-4-6-19(7-5-18)15(2,3)10-16/h8-9H,4-7H2,1-3H3,(H,17,20). The molecule has 0 spiro atoms. The lowest BCUT2D eigenvalue weighted by molar-refractivity contribution is 0.0519. The molecule has 1 aromatic rings. The molecule has 1 N–H and O–H groups in total. The van der Waals surface area contributed by atoms with Crippen LogP contribution >= 0.6 is 0 Å². The number of nitrogens with zero attached hydrogens (tertiary/aromatic N) is 3. The van der Waals surface area contributed by atoms with Crippen molar-refractivity contribution in [1.82, 2.24) is 14.8 Å². The number of piperazine rings is 1. The number of hydrogen-bond donors (Lipinski definition) is 1. The van der Waals surface area contributed by atoms with Crippen molar-refractivity contribution in [3.63, 3.8) is 0 Å². The molecule has 1 aromatic heterocycles. The molecule has 6 heteroatoms. The molecule has 1 aliphatic heterocycles. The highest BCUT2D eigenvalue weighted by atomic mass is 16.2. The number of rotatable bonds is 2. The first-order valence-corrected chi connectivity index (χ1v) is 7.00. The van der Waals surface area contributed by atoms with Crippen molar-refractivity contribution < 1.29 is 4.79 Å². The molecule has 0 bridgehead atoms. The number of nitriles is 1. The van der Waals surface area contributed by atoms with E-state index >= 15 is 0 Å². The number of pyridine rings is 1. The Morgan fingerprint density at radius 1 is 1.33 bits per heavy atom. The fraction of sp³-hybridized carbons (Fsp3) is 0.533. The van der Waals surface area contributed by atoms with Gasteiger partial charge in [-0.15, -0.1) is 0 Å². The van der Waals surface area contributed by atoms with E-state index in [1.807, 2.05) is 13.8 Å². The van der Waals surface area contributed by atoms with Crippen LogP contribution in [-0.2, 0) is 0 Å². The van der Waals surface area contributed by atoms with E-state index in [1.54, 1.807) is 11.8 Å². The molecular weight excluding hydrogens is 268 g/mol. The van der Waals surface area contributed by atoms with Gasteiger partial charge in [0.1, 0.15) is 11.1 Å². The molecule has 21 heavy (non-hydrogen) atoms. The van der Waals surface area contributed by atoms with E-state index < -0.39 is 5.54 Å². The lowest BCUT2D eigenvalue weighted by Crippen LogP contribution is -2.55. The monoisotopic (exact) mass is 288 g/mol. The average Bonchev–Trinajstić information content (AvgIpc) is 2.47. The molecule has 0 atom stereocenters. The second-order valence-electron chi connectivity index (χ2n) is 5.84. The van der Waals surface area contributed by atoms with Gasteiger partial charge in [-0.2, -0.15) is 5.26 Å². The molecule has 0 radical (unpaired) electrons. The van der Waals surface area contributed by atoms with Crippen LogP contribution in [0.3, 0.4) is 0 Å². The molecule has 2 rings (SSSR count). The Morgan fingerprint density at radius 2 is 1.95 bits per heavy atom. The summed E-state index contributed by atoms with van der Waals surface area (Å²) in [5, 5.41) is 9.14. The number of nitrogens with one attached hydrogen (secondary N) is 1. The molecule has 112 valence electrons. The van der Waals surface area contributed by atoms with Gasteiger partial charge in [0.2, 0.25) is 0 Å². The normalized spacial score (nSPS) is 16.6. The molecule has 1 amide bonds. The summed E-state index contributed by atoms with van der Waals surface area (Å²) in [5.41, 5.74) is 0.123. The molecule has 6 nitrogen and oxygen atoms in total. The molecule has 0 aromatic carbocycles. The third-order valence-electron chi connectivity index (χ3n) is 3.92. The summed E-state index contributed by atoms with van der Waals surface area (Å²) in [7, 11) is 0. The fourth-order valence-electron chi connectivity index (χ4n) is 2.45. The van der Waals surface area contributed by atoms with Crippen LogP contribution in [0.25, 0.3) is 0 Å². The summed E-state index contributed by atoms with van der Waals surface area (Å²) in [6.45, 7) is 7.84. The zero-order valence-corrected chi connectivity index (χ0v) is 12.6. The van der Waals surface area contributed by atoms with Gasteiger partial charge in [-0.25, -0.2) is 0 Å². The maximum Gasteiger partial charge on any atom is 0.259 e. The number of aromatic nitrogens is 1. The van der Waals surface area contributed by atoms with Gasteiger partial charge in [0.25, 0.3) is 5.91 Å². The first kappa shape index (κ1) is 15.3. The van der Waals surface area contributed by atoms with Crippen molar-refractivity contribution >= 4 is 5.91 Å². The average molecular weight is 288 g/mol. The van der Waals surface area contributed by atoms with Gasteiger partial charge >= 0.3 is 0 Å². The Labute approximate surface area is 124 Å². The summed E-state index contributed by atoms with van der Waals surface area (Å²) in [6.07, 6.45) is 1.48. The Kier molecular flexibility index (Phi) is 4.14. The number of amides is 1. The number of hydrogen-bond acceptors (Lipinski definition) is 4. The molecule has 2 heterocycles. The highest BCUT2D eigenvalue weighted by molar-refractivity contribution is 5.93. The lowest BCUT2D eigenvalue weighted by atomic mass is 10.0. The third kappa shape index (κ3) is 3.14. The van der Waals surface area contributed by atoms with Crippen LogP contribution < -0.4 is 5.43 Å². The van der Waals surface area contributed by atoms with Crippen LogP contribution in [0, 0.1) is 18.3 Å². The van der Waals surface area contributed by atoms with Crippen molar-refractivity contribution in [2.45, 2.75) is 26.3 Å². The molecule has 0 aliphatic carbocycles. The van der Waals surface area contributed by atoms with Gasteiger partial charge in [-0.1, -0.05) is 0 Å². The van der Waals surface area contributed by atoms with E-state index in [-0.39, 0.29) is 16.9 Å². The summed E-state index contributed by atoms with van der Waals surface area (Å²) in [6, 6.07) is 3.70. The van der Waals surface area contributed by atoms with Crippen molar-refractivity contribution in [3.8, 4) is 6.07 Å². The van der Waals surface area contributed by atoms with E-state index in [1.165, 1.54) is 12.3 Å². The zero-order valence-electron chi connectivity index (χ0n) is 12.6. The maximum atomic E-state index is 12.4. The van der Waals surface area contributed by atoms with Gasteiger partial charge in [0, 0.05) is 44.1 Å². The van der Waals surface area contributed by atoms with Crippen LogP contribution in [0.5, 0.6) is 0 Å². The third-order valence-corrected chi connectivity index (χ3v) is 3.92. The van der Waals surface area contributed by atoms with Crippen molar-refractivity contribution in [2.75, 3.05) is 26.2 Å². The predicted octanol–water partition coefficient (Wildman–Crippen LogP) is 0.743. The SMILES string of the molecule is Cc1cc(=O)c(C(=O)N2CCN(C(C)(C)C#N)CC2)c[nH]1. The predicted molar refractivity (Wildman–Crippen MR) is 79.0 cm³/mol. The Hall–Kier alpha value is -2.13. The first-order valence-electron chi connectivity index (χ1n) is 7.00. The highest BCUT2D eigenvalue weighted by Gasteiger charge is 2.31. The number of aryl methyl sites for hydroxylation is 1. The number of carbonyl (C=O) groups is 1. The topological polar surface area (TPSA) is 80.2 Å². The van der Waals surface area contributed by atoms with E-state index in [2.05, 4.69) is 16.0 Å². The van der Waals surface area contributed by atoms with E-state index in [4.69, 9.17) is 5.26 Å². The molecule has 1 saturated heterocycles.